The van der Waals surface area contributed by atoms with Crippen molar-refractivity contribution in [2.75, 3.05) is 12.4 Å². The summed E-state index contributed by atoms with van der Waals surface area (Å²) in [4.78, 5) is 0.161. The number of aryl methyl sites for hydroxylation is 1. The van der Waals surface area contributed by atoms with Gasteiger partial charge in [-0.05, 0) is 47.9 Å². The minimum atomic E-state index is -3.39. The monoisotopic (exact) mass is 306 g/mol. The van der Waals surface area contributed by atoms with Crippen molar-refractivity contribution in [1.82, 2.24) is 0 Å². The number of benzene rings is 2. The highest BCUT2D eigenvalue weighted by Crippen LogP contribution is 2.26. The summed E-state index contributed by atoms with van der Waals surface area (Å²) in [5.74, 6) is 0.464. The second-order valence-corrected chi connectivity index (χ2v) is 7.17. The van der Waals surface area contributed by atoms with Crippen LogP contribution < -0.4 is 4.74 Å². The Kier molecular flexibility index (Phi) is 3.68. The van der Waals surface area contributed by atoms with Crippen molar-refractivity contribution in [3.8, 4) is 5.75 Å². The minimum absolute atomic E-state index is 0.0122. The van der Waals surface area contributed by atoms with Gasteiger partial charge in [0.1, 0.15) is 11.6 Å². The second kappa shape index (κ2) is 5.48. The van der Waals surface area contributed by atoms with E-state index in [1.165, 1.54) is 24.3 Å². The normalized spacial score (nSPS) is 13.8. The minimum Gasteiger partial charge on any atom is -0.493 e. The fourth-order valence-corrected chi connectivity index (χ4v) is 3.70. The van der Waals surface area contributed by atoms with Crippen LogP contribution in [0.25, 0.3) is 0 Å². The lowest BCUT2D eigenvalue weighted by Crippen LogP contribution is -2.09. The smallest absolute Gasteiger partial charge is 0.178 e. The molecule has 0 aromatic heterocycles. The van der Waals surface area contributed by atoms with Crippen LogP contribution in [0.1, 0.15) is 11.1 Å². The van der Waals surface area contributed by atoms with Gasteiger partial charge in [-0.2, -0.15) is 0 Å². The van der Waals surface area contributed by atoms with Gasteiger partial charge in [0.15, 0.2) is 9.84 Å². The lowest BCUT2D eigenvalue weighted by molar-refractivity contribution is 0.357. The highest BCUT2D eigenvalue weighted by atomic mass is 32.2. The maximum Gasteiger partial charge on any atom is 0.178 e. The van der Waals surface area contributed by atoms with E-state index in [1.54, 1.807) is 0 Å². The van der Waals surface area contributed by atoms with Crippen LogP contribution in [0.5, 0.6) is 5.75 Å². The van der Waals surface area contributed by atoms with Crippen LogP contribution >= 0.6 is 0 Å². The van der Waals surface area contributed by atoms with Gasteiger partial charge in [0.25, 0.3) is 0 Å². The summed E-state index contributed by atoms with van der Waals surface area (Å²) in [5, 5.41) is 0. The molecule has 0 amide bonds. The molecule has 0 spiro atoms. The molecule has 3 rings (SSSR count). The van der Waals surface area contributed by atoms with Crippen LogP contribution in [0, 0.1) is 5.82 Å². The zero-order valence-electron chi connectivity index (χ0n) is 11.4. The van der Waals surface area contributed by atoms with E-state index in [4.69, 9.17) is 4.74 Å². The summed E-state index contributed by atoms with van der Waals surface area (Å²) in [6.45, 7) is 0.687. The van der Waals surface area contributed by atoms with Crippen LogP contribution in [0.3, 0.4) is 0 Å². The van der Waals surface area contributed by atoms with Gasteiger partial charge >= 0.3 is 0 Å². The molecule has 0 bridgehead atoms. The molecule has 0 aliphatic carbocycles. The van der Waals surface area contributed by atoms with E-state index >= 15 is 0 Å². The third-order valence-corrected chi connectivity index (χ3v) is 5.32. The first-order valence-corrected chi connectivity index (χ1v) is 8.43. The number of fused-ring (bicyclic) bond motifs is 1. The molecule has 3 nitrogen and oxygen atoms in total. The topological polar surface area (TPSA) is 43.4 Å². The standard InChI is InChI=1S/C16H15FO3S/c17-14-2-4-15(5-3-14)21(18,19)10-8-12-1-6-16-13(11-12)7-9-20-16/h1-6,11H,7-10H2. The molecule has 1 heterocycles. The van der Waals surface area contributed by atoms with Crippen molar-refractivity contribution in [2.45, 2.75) is 17.7 Å². The fraction of sp³-hybridized carbons (Fsp3) is 0.250. The lowest BCUT2D eigenvalue weighted by atomic mass is 10.1. The molecule has 0 radical (unpaired) electrons. The van der Waals surface area contributed by atoms with Gasteiger partial charge in [-0.3, -0.25) is 0 Å². The molecule has 0 N–H and O–H groups in total. The first-order valence-electron chi connectivity index (χ1n) is 6.77. The molecule has 0 atom stereocenters. The Balaban J connectivity index is 1.73. The Labute approximate surface area is 123 Å². The highest BCUT2D eigenvalue weighted by molar-refractivity contribution is 7.91. The van der Waals surface area contributed by atoms with Gasteiger partial charge in [0, 0.05) is 6.42 Å². The molecule has 2 aromatic rings. The van der Waals surface area contributed by atoms with E-state index in [0.717, 1.165) is 23.3 Å². The van der Waals surface area contributed by atoms with Crippen LogP contribution in [-0.4, -0.2) is 20.8 Å². The van der Waals surface area contributed by atoms with Crippen molar-refractivity contribution in [2.24, 2.45) is 0 Å². The van der Waals surface area contributed by atoms with E-state index in [0.29, 0.717) is 13.0 Å². The van der Waals surface area contributed by atoms with Crippen molar-refractivity contribution in [1.29, 1.82) is 0 Å². The van der Waals surface area contributed by atoms with Crippen LogP contribution in [0.4, 0.5) is 4.39 Å². The zero-order valence-corrected chi connectivity index (χ0v) is 12.2. The predicted molar refractivity (Wildman–Crippen MR) is 77.8 cm³/mol. The van der Waals surface area contributed by atoms with Crippen LogP contribution in [-0.2, 0) is 22.7 Å². The van der Waals surface area contributed by atoms with Gasteiger partial charge in [-0.25, -0.2) is 12.8 Å². The molecule has 0 saturated carbocycles. The van der Waals surface area contributed by atoms with Crippen molar-refractivity contribution in [3.63, 3.8) is 0 Å². The average Bonchev–Trinajstić information content (AvgIpc) is 2.93. The van der Waals surface area contributed by atoms with Gasteiger partial charge in [0.05, 0.1) is 17.3 Å². The summed E-state index contributed by atoms with van der Waals surface area (Å²) in [5.41, 5.74) is 2.11. The Hall–Kier alpha value is -1.88. The summed E-state index contributed by atoms with van der Waals surface area (Å²) in [7, 11) is -3.39. The molecule has 1 aliphatic rings. The quantitative estimate of drug-likeness (QED) is 0.816. The Morgan fingerprint density at radius 1 is 1.10 bits per heavy atom. The Morgan fingerprint density at radius 2 is 1.86 bits per heavy atom. The fourth-order valence-electron chi connectivity index (χ4n) is 2.41. The molecule has 0 saturated heterocycles. The number of ether oxygens (including phenoxy) is 1. The van der Waals surface area contributed by atoms with Crippen molar-refractivity contribution >= 4 is 9.84 Å². The third kappa shape index (κ3) is 3.08. The van der Waals surface area contributed by atoms with Crippen molar-refractivity contribution in [3.05, 3.63) is 59.4 Å². The number of halogens is 1. The van der Waals surface area contributed by atoms with Gasteiger partial charge in [-0.15, -0.1) is 0 Å². The second-order valence-electron chi connectivity index (χ2n) is 5.06. The summed E-state index contributed by atoms with van der Waals surface area (Å²) in [6.07, 6.45) is 1.31. The first kappa shape index (κ1) is 14.1. The highest BCUT2D eigenvalue weighted by Gasteiger charge is 2.16. The van der Waals surface area contributed by atoms with E-state index in [9.17, 15) is 12.8 Å². The lowest BCUT2D eigenvalue weighted by Gasteiger charge is -2.06. The summed E-state index contributed by atoms with van der Waals surface area (Å²) >= 11 is 0. The van der Waals surface area contributed by atoms with Crippen LogP contribution in [0.2, 0.25) is 0 Å². The molecule has 21 heavy (non-hydrogen) atoms. The average molecular weight is 306 g/mol. The molecule has 5 heteroatoms. The Morgan fingerprint density at radius 3 is 2.62 bits per heavy atom. The maximum absolute atomic E-state index is 12.8. The predicted octanol–water partition coefficient (Wildman–Crippen LogP) is 2.78. The number of hydrogen-bond acceptors (Lipinski definition) is 3. The van der Waals surface area contributed by atoms with Crippen molar-refractivity contribution < 1.29 is 17.5 Å². The SMILES string of the molecule is O=S(=O)(CCc1ccc2c(c1)CCO2)c1ccc(F)cc1. The van der Waals surface area contributed by atoms with Crippen LogP contribution in [0.15, 0.2) is 47.4 Å². The van der Waals surface area contributed by atoms with E-state index in [-0.39, 0.29) is 10.6 Å². The molecule has 1 aliphatic heterocycles. The van der Waals surface area contributed by atoms with E-state index < -0.39 is 15.7 Å². The van der Waals surface area contributed by atoms with Gasteiger partial charge in [-0.1, -0.05) is 12.1 Å². The zero-order chi connectivity index (χ0) is 14.9. The molecule has 0 unspecified atom stereocenters. The third-order valence-electron chi connectivity index (χ3n) is 3.59. The Bertz CT molecular complexity index is 752. The number of rotatable bonds is 4. The number of sulfone groups is 1. The van der Waals surface area contributed by atoms with Gasteiger partial charge < -0.3 is 4.74 Å². The maximum atomic E-state index is 12.8. The molecule has 0 fully saturated rings. The van der Waals surface area contributed by atoms with E-state index in [2.05, 4.69) is 0 Å². The molecular formula is C16H15FO3S. The number of hydrogen-bond donors (Lipinski definition) is 0. The molecule has 2 aromatic carbocycles. The summed E-state index contributed by atoms with van der Waals surface area (Å²) < 4.78 is 42.7. The summed E-state index contributed by atoms with van der Waals surface area (Å²) in [6, 6.07) is 10.7. The molecule has 110 valence electrons. The largest absolute Gasteiger partial charge is 0.493 e. The van der Waals surface area contributed by atoms with Gasteiger partial charge in [0.2, 0.25) is 0 Å². The molecular weight excluding hydrogens is 291 g/mol. The van der Waals surface area contributed by atoms with E-state index in [1.807, 2.05) is 18.2 Å². The first-order chi connectivity index (χ1) is 10.0.